The number of nitrogens with zero attached hydrogens (tertiary/aromatic N) is 1. The van der Waals surface area contributed by atoms with E-state index in [9.17, 15) is 4.79 Å². The molecule has 98 valence electrons. The summed E-state index contributed by atoms with van der Waals surface area (Å²) in [5, 5.41) is 2.84. The third-order valence-corrected chi connectivity index (χ3v) is 2.72. The van der Waals surface area contributed by atoms with Crippen molar-refractivity contribution in [2.45, 2.75) is 12.8 Å². The summed E-state index contributed by atoms with van der Waals surface area (Å²) in [4.78, 5) is 16.0. The molecular weight excluding hydrogens is 240 g/mol. The van der Waals surface area contributed by atoms with Gasteiger partial charge in [0.2, 0.25) is 5.91 Å². The molecule has 0 aliphatic carbocycles. The molecule has 0 atom stereocenters. The lowest BCUT2D eigenvalue weighted by Crippen LogP contribution is -2.13. The predicted molar refractivity (Wildman–Crippen MR) is 74.2 cm³/mol. The number of anilines is 1. The van der Waals surface area contributed by atoms with E-state index >= 15 is 0 Å². The van der Waals surface area contributed by atoms with E-state index < -0.39 is 0 Å². The second-order valence-electron chi connectivity index (χ2n) is 4.07. The molecule has 0 radical (unpaired) electrons. The van der Waals surface area contributed by atoms with E-state index in [-0.39, 0.29) is 5.91 Å². The average Bonchev–Trinajstić information content (AvgIpc) is 2.47. The molecule has 19 heavy (non-hydrogen) atoms. The molecule has 1 aromatic carbocycles. The minimum atomic E-state index is -0.0462. The zero-order valence-electron chi connectivity index (χ0n) is 10.8. The lowest BCUT2D eigenvalue weighted by molar-refractivity contribution is -0.116. The number of hydrogen-bond donors (Lipinski definition) is 1. The van der Waals surface area contributed by atoms with Crippen LogP contribution in [0.5, 0.6) is 5.75 Å². The SMILES string of the molecule is COc1ccccc1NC(=O)CCc1ccccn1. The highest BCUT2D eigenvalue weighted by Gasteiger charge is 2.07. The molecule has 0 aliphatic heterocycles. The van der Waals surface area contributed by atoms with E-state index in [0.717, 1.165) is 5.69 Å². The highest BCUT2D eigenvalue weighted by Crippen LogP contribution is 2.23. The van der Waals surface area contributed by atoms with Crippen LogP contribution in [-0.2, 0) is 11.2 Å². The van der Waals surface area contributed by atoms with Gasteiger partial charge in [-0.15, -0.1) is 0 Å². The fourth-order valence-electron chi connectivity index (χ4n) is 1.75. The first kappa shape index (κ1) is 13.1. The van der Waals surface area contributed by atoms with E-state index in [1.807, 2.05) is 42.5 Å². The van der Waals surface area contributed by atoms with Crippen molar-refractivity contribution in [2.24, 2.45) is 0 Å². The van der Waals surface area contributed by atoms with E-state index in [0.29, 0.717) is 24.3 Å². The van der Waals surface area contributed by atoms with Crippen molar-refractivity contribution in [3.63, 3.8) is 0 Å². The Morgan fingerprint density at radius 2 is 2.00 bits per heavy atom. The fraction of sp³-hybridized carbons (Fsp3) is 0.200. The maximum absolute atomic E-state index is 11.9. The van der Waals surface area contributed by atoms with E-state index in [4.69, 9.17) is 4.74 Å². The number of ether oxygens (including phenoxy) is 1. The van der Waals surface area contributed by atoms with Crippen LogP contribution in [0.15, 0.2) is 48.7 Å². The summed E-state index contributed by atoms with van der Waals surface area (Å²) in [6.07, 6.45) is 2.75. The Morgan fingerprint density at radius 3 is 2.74 bits per heavy atom. The molecule has 0 saturated carbocycles. The summed E-state index contributed by atoms with van der Waals surface area (Å²) in [6, 6.07) is 13.0. The van der Waals surface area contributed by atoms with Crippen molar-refractivity contribution in [3.8, 4) is 5.75 Å². The Kier molecular flexibility index (Phi) is 4.50. The number of aromatic nitrogens is 1. The summed E-state index contributed by atoms with van der Waals surface area (Å²) in [5.41, 5.74) is 1.61. The van der Waals surface area contributed by atoms with Crippen LogP contribution in [0, 0.1) is 0 Å². The van der Waals surface area contributed by atoms with Crippen molar-refractivity contribution in [1.82, 2.24) is 4.98 Å². The third kappa shape index (κ3) is 3.81. The average molecular weight is 256 g/mol. The molecule has 4 heteroatoms. The molecule has 1 aromatic heterocycles. The number of para-hydroxylation sites is 2. The standard InChI is InChI=1S/C15H16N2O2/c1-19-14-8-3-2-7-13(14)17-15(18)10-9-12-6-4-5-11-16-12/h2-8,11H,9-10H2,1H3,(H,17,18). The van der Waals surface area contributed by atoms with Crippen LogP contribution in [0.2, 0.25) is 0 Å². The number of benzene rings is 1. The number of pyridine rings is 1. The lowest BCUT2D eigenvalue weighted by Gasteiger charge is -2.09. The van der Waals surface area contributed by atoms with Crippen LogP contribution in [-0.4, -0.2) is 18.0 Å². The number of hydrogen-bond acceptors (Lipinski definition) is 3. The van der Waals surface area contributed by atoms with Gasteiger partial charge in [0.1, 0.15) is 5.75 Å². The first-order chi connectivity index (χ1) is 9.29. The Labute approximate surface area is 112 Å². The van der Waals surface area contributed by atoms with Gasteiger partial charge in [0.15, 0.2) is 0 Å². The predicted octanol–water partition coefficient (Wildman–Crippen LogP) is 2.66. The Morgan fingerprint density at radius 1 is 1.21 bits per heavy atom. The normalized spacial score (nSPS) is 9.95. The Bertz CT molecular complexity index is 541. The number of methoxy groups -OCH3 is 1. The number of nitrogens with one attached hydrogen (secondary N) is 1. The van der Waals surface area contributed by atoms with Gasteiger partial charge in [-0.1, -0.05) is 18.2 Å². The maximum atomic E-state index is 11.9. The number of rotatable bonds is 5. The molecule has 0 aliphatic rings. The number of carbonyl (C=O) groups is 1. The van der Waals surface area contributed by atoms with Crippen molar-refractivity contribution < 1.29 is 9.53 Å². The Hall–Kier alpha value is -2.36. The van der Waals surface area contributed by atoms with Crippen LogP contribution in [0.3, 0.4) is 0 Å². The first-order valence-electron chi connectivity index (χ1n) is 6.12. The maximum Gasteiger partial charge on any atom is 0.224 e. The second kappa shape index (κ2) is 6.54. The molecule has 1 N–H and O–H groups in total. The Balaban J connectivity index is 1.91. The summed E-state index contributed by atoms with van der Waals surface area (Å²) in [6.45, 7) is 0. The molecule has 0 unspecified atom stereocenters. The molecule has 0 spiro atoms. The van der Waals surface area contributed by atoms with Gasteiger partial charge < -0.3 is 10.1 Å². The summed E-state index contributed by atoms with van der Waals surface area (Å²) in [7, 11) is 1.58. The van der Waals surface area contributed by atoms with Crippen LogP contribution in [0.25, 0.3) is 0 Å². The number of aryl methyl sites for hydroxylation is 1. The molecular formula is C15H16N2O2. The van der Waals surface area contributed by atoms with E-state index in [1.165, 1.54) is 0 Å². The van der Waals surface area contributed by atoms with Gasteiger partial charge in [-0.05, 0) is 30.7 Å². The summed E-state index contributed by atoms with van der Waals surface area (Å²) >= 11 is 0. The van der Waals surface area contributed by atoms with Crippen LogP contribution < -0.4 is 10.1 Å². The quantitative estimate of drug-likeness (QED) is 0.894. The summed E-state index contributed by atoms with van der Waals surface area (Å²) in [5.74, 6) is 0.615. The molecule has 2 aromatic rings. The smallest absolute Gasteiger partial charge is 0.224 e. The van der Waals surface area contributed by atoms with E-state index in [2.05, 4.69) is 10.3 Å². The molecule has 4 nitrogen and oxygen atoms in total. The monoisotopic (exact) mass is 256 g/mol. The van der Waals surface area contributed by atoms with Gasteiger partial charge in [-0.3, -0.25) is 9.78 Å². The molecule has 1 heterocycles. The molecule has 2 rings (SSSR count). The zero-order valence-corrected chi connectivity index (χ0v) is 10.8. The largest absolute Gasteiger partial charge is 0.495 e. The van der Waals surface area contributed by atoms with Crippen LogP contribution in [0.1, 0.15) is 12.1 Å². The molecule has 0 bridgehead atoms. The van der Waals surface area contributed by atoms with Gasteiger partial charge in [-0.2, -0.15) is 0 Å². The van der Waals surface area contributed by atoms with Gasteiger partial charge in [0.05, 0.1) is 12.8 Å². The summed E-state index contributed by atoms with van der Waals surface area (Å²) < 4.78 is 5.18. The number of carbonyl (C=O) groups excluding carboxylic acids is 1. The van der Waals surface area contributed by atoms with Crippen molar-refractivity contribution in [2.75, 3.05) is 12.4 Å². The van der Waals surface area contributed by atoms with Gasteiger partial charge in [-0.25, -0.2) is 0 Å². The second-order valence-corrected chi connectivity index (χ2v) is 4.07. The third-order valence-electron chi connectivity index (χ3n) is 2.72. The minimum Gasteiger partial charge on any atom is -0.495 e. The van der Waals surface area contributed by atoms with Crippen molar-refractivity contribution >= 4 is 11.6 Å². The van der Waals surface area contributed by atoms with Crippen LogP contribution in [0.4, 0.5) is 5.69 Å². The van der Waals surface area contributed by atoms with Crippen LogP contribution >= 0.6 is 0 Å². The van der Waals surface area contributed by atoms with Gasteiger partial charge >= 0.3 is 0 Å². The van der Waals surface area contributed by atoms with Gasteiger partial charge in [0, 0.05) is 18.3 Å². The first-order valence-corrected chi connectivity index (χ1v) is 6.12. The molecule has 1 amide bonds. The van der Waals surface area contributed by atoms with Gasteiger partial charge in [0.25, 0.3) is 0 Å². The lowest BCUT2D eigenvalue weighted by atomic mass is 10.2. The zero-order chi connectivity index (χ0) is 13.5. The van der Waals surface area contributed by atoms with Crippen molar-refractivity contribution in [1.29, 1.82) is 0 Å². The highest BCUT2D eigenvalue weighted by atomic mass is 16.5. The van der Waals surface area contributed by atoms with Crippen molar-refractivity contribution in [3.05, 3.63) is 54.4 Å². The number of amides is 1. The topological polar surface area (TPSA) is 51.2 Å². The highest BCUT2D eigenvalue weighted by molar-refractivity contribution is 5.92. The van der Waals surface area contributed by atoms with E-state index in [1.54, 1.807) is 13.3 Å². The molecule has 0 saturated heterocycles. The molecule has 0 fully saturated rings. The fourth-order valence-corrected chi connectivity index (χ4v) is 1.75. The minimum absolute atomic E-state index is 0.0462.